The summed E-state index contributed by atoms with van der Waals surface area (Å²) in [4.78, 5) is 17.9. The van der Waals surface area contributed by atoms with Crippen LogP contribution < -0.4 is 5.32 Å². The standard InChI is InChI=1S/C22H24N4O3S/c1-13-3-5-15(6-4-13)19-11-18(22(27)23-16-7-8-16)20-14(2)25-26(21(20)24-19)17-9-10-30(28,29)12-17/h3-6,11,16-17H,7-10,12H2,1-2H3,(H,23,27)/t17-/m0/s1. The first kappa shape index (κ1) is 19.2. The Morgan fingerprint density at radius 3 is 2.50 bits per heavy atom. The van der Waals surface area contributed by atoms with Crippen molar-refractivity contribution >= 4 is 26.8 Å². The molecule has 2 fully saturated rings. The van der Waals surface area contributed by atoms with E-state index in [1.54, 1.807) is 4.68 Å². The lowest BCUT2D eigenvalue weighted by Gasteiger charge is -2.12. The predicted octanol–water partition coefficient (Wildman–Crippen LogP) is 2.97. The predicted molar refractivity (Wildman–Crippen MR) is 115 cm³/mol. The van der Waals surface area contributed by atoms with E-state index >= 15 is 0 Å². The number of fused-ring (bicyclic) bond motifs is 1. The van der Waals surface area contributed by atoms with Crippen molar-refractivity contribution in [1.82, 2.24) is 20.1 Å². The molecule has 30 heavy (non-hydrogen) atoms. The number of nitrogens with one attached hydrogen (secondary N) is 1. The fraction of sp³-hybridized carbons (Fsp3) is 0.409. The van der Waals surface area contributed by atoms with Crippen LogP contribution in [-0.2, 0) is 9.84 Å². The van der Waals surface area contributed by atoms with E-state index in [-0.39, 0.29) is 29.5 Å². The van der Waals surface area contributed by atoms with Crippen LogP contribution in [0.2, 0.25) is 0 Å². The number of carbonyl (C=O) groups excluding carboxylic acids is 1. The lowest BCUT2D eigenvalue weighted by atomic mass is 10.0. The molecular formula is C22H24N4O3S. The van der Waals surface area contributed by atoms with Gasteiger partial charge in [0.25, 0.3) is 5.91 Å². The fourth-order valence-corrected chi connectivity index (χ4v) is 5.77. The van der Waals surface area contributed by atoms with Crippen LogP contribution in [0.25, 0.3) is 22.3 Å². The maximum absolute atomic E-state index is 13.1. The smallest absolute Gasteiger partial charge is 0.252 e. The van der Waals surface area contributed by atoms with E-state index < -0.39 is 9.84 Å². The van der Waals surface area contributed by atoms with E-state index in [4.69, 9.17) is 4.98 Å². The zero-order valence-electron chi connectivity index (χ0n) is 17.1. The third kappa shape index (κ3) is 3.49. The second-order valence-electron chi connectivity index (χ2n) is 8.45. The molecule has 1 amide bonds. The van der Waals surface area contributed by atoms with E-state index in [2.05, 4.69) is 10.4 Å². The summed E-state index contributed by atoms with van der Waals surface area (Å²) in [5.41, 5.74) is 4.56. The van der Waals surface area contributed by atoms with Crippen LogP contribution in [0.4, 0.5) is 0 Å². The minimum Gasteiger partial charge on any atom is -0.349 e. The third-order valence-corrected chi connectivity index (χ3v) is 7.65. The molecule has 1 aliphatic carbocycles. The minimum atomic E-state index is -3.07. The first-order valence-corrected chi connectivity index (χ1v) is 12.1. The molecule has 2 aliphatic rings. The zero-order valence-corrected chi connectivity index (χ0v) is 17.9. The monoisotopic (exact) mass is 424 g/mol. The van der Waals surface area contributed by atoms with E-state index in [1.165, 1.54) is 0 Å². The topological polar surface area (TPSA) is 94.0 Å². The van der Waals surface area contributed by atoms with Crippen LogP contribution in [0.5, 0.6) is 0 Å². The van der Waals surface area contributed by atoms with Crippen molar-refractivity contribution in [3.8, 4) is 11.3 Å². The van der Waals surface area contributed by atoms with Crippen molar-refractivity contribution in [3.63, 3.8) is 0 Å². The van der Waals surface area contributed by atoms with Gasteiger partial charge in [0.05, 0.1) is 39.9 Å². The summed E-state index contributed by atoms with van der Waals surface area (Å²) in [5, 5.41) is 8.41. The Labute approximate surface area is 175 Å². The summed E-state index contributed by atoms with van der Waals surface area (Å²) < 4.78 is 25.8. The number of aromatic nitrogens is 3. The van der Waals surface area contributed by atoms with Gasteiger partial charge in [-0.15, -0.1) is 0 Å². The number of aryl methyl sites for hydroxylation is 2. The number of sulfone groups is 1. The lowest BCUT2D eigenvalue weighted by molar-refractivity contribution is 0.0952. The lowest BCUT2D eigenvalue weighted by Crippen LogP contribution is -2.25. The van der Waals surface area contributed by atoms with Gasteiger partial charge in [-0.1, -0.05) is 29.8 Å². The van der Waals surface area contributed by atoms with Crippen LogP contribution in [-0.4, -0.2) is 46.6 Å². The van der Waals surface area contributed by atoms with Gasteiger partial charge < -0.3 is 5.32 Å². The van der Waals surface area contributed by atoms with Gasteiger partial charge in [-0.25, -0.2) is 18.1 Å². The molecule has 2 aromatic heterocycles. The number of pyridine rings is 1. The SMILES string of the molecule is Cc1ccc(-c2cc(C(=O)NC3CC3)c3c(C)nn([C@H]4CCS(=O)(=O)C4)c3n2)cc1. The summed E-state index contributed by atoms with van der Waals surface area (Å²) in [5.74, 6) is 0.0912. The average Bonchev–Trinajstić information content (AvgIpc) is 3.36. The van der Waals surface area contributed by atoms with Crippen LogP contribution in [0.3, 0.4) is 0 Å². The number of benzene rings is 1. The highest BCUT2D eigenvalue weighted by Gasteiger charge is 2.33. The minimum absolute atomic E-state index is 0.0588. The fourth-order valence-electron chi connectivity index (χ4n) is 4.08. The van der Waals surface area contributed by atoms with Crippen molar-refractivity contribution in [1.29, 1.82) is 0 Å². The number of hydrogen-bond acceptors (Lipinski definition) is 5. The number of nitrogens with zero attached hydrogens (tertiary/aromatic N) is 3. The largest absolute Gasteiger partial charge is 0.349 e. The zero-order chi connectivity index (χ0) is 21.0. The second kappa shape index (κ2) is 6.91. The maximum atomic E-state index is 13.1. The third-order valence-electron chi connectivity index (χ3n) is 5.90. The Morgan fingerprint density at radius 1 is 1.13 bits per heavy atom. The number of amides is 1. The Morgan fingerprint density at radius 2 is 1.87 bits per heavy atom. The van der Waals surface area contributed by atoms with E-state index in [1.807, 2.05) is 44.2 Å². The summed E-state index contributed by atoms with van der Waals surface area (Å²) >= 11 is 0. The van der Waals surface area contributed by atoms with Crippen molar-refractivity contribution in [2.75, 3.05) is 11.5 Å². The first-order chi connectivity index (χ1) is 14.3. The molecular weight excluding hydrogens is 400 g/mol. The van der Waals surface area contributed by atoms with Gasteiger partial charge in [-0.05, 0) is 39.2 Å². The Kier molecular flexibility index (Phi) is 4.43. The summed E-state index contributed by atoms with van der Waals surface area (Å²) in [6.07, 6.45) is 2.52. The molecule has 5 rings (SSSR count). The molecule has 0 bridgehead atoms. The molecule has 1 saturated heterocycles. The van der Waals surface area contributed by atoms with Gasteiger partial charge in [0.2, 0.25) is 0 Å². The number of hydrogen-bond donors (Lipinski definition) is 1. The highest BCUT2D eigenvalue weighted by atomic mass is 32.2. The van der Waals surface area contributed by atoms with Crippen molar-refractivity contribution in [2.24, 2.45) is 0 Å². The van der Waals surface area contributed by atoms with Crippen molar-refractivity contribution in [3.05, 3.63) is 47.2 Å². The highest BCUT2D eigenvalue weighted by Crippen LogP contribution is 2.32. The molecule has 1 aromatic carbocycles. The van der Waals surface area contributed by atoms with Crippen LogP contribution in [0.15, 0.2) is 30.3 Å². The first-order valence-electron chi connectivity index (χ1n) is 10.3. The van der Waals surface area contributed by atoms with Gasteiger partial charge in [0.1, 0.15) is 0 Å². The normalized spacial score (nSPS) is 20.5. The molecule has 1 N–H and O–H groups in total. The number of carbonyl (C=O) groups is 1. The van der Waals surface area contributed by atoms with Gasteiger partial charge >= 0.3 is 0 Å². The molecule has 8 heteroatoms. The van der Waals surface area contributed by atoms with E-state index in [0.29, 0.717) is 34.4 Å². The van der Waals surface area contributed by atoms with Gasteiger partial charge in [0, 0.05) is 11.6 Å². The molecule has 1 aliphatic heterocycles. The molecule has 0 spiro atoms. The highest BCUT2D eigenvalue weighted by molar-refractivity contribution is 7.91. The second-order valence-corrected chi connectivity index (χ2v) is 10.7. The maximum Gasteiger partial charge on any atom is 0.252 e. The van der Waals surface area contributed by atoms with Gasteiger partial charge in [-0.2, -0.15) is 5.10 Å². The summed E-state index contributed by atoms with van der Waals surface area (Å²) in [6.45, 7) is 3.87. The molecule has 1 atom stereocenters. The quantitative estimate of drug-likeness (QED) is 0.695. The molecule has 156 valence electrons. The molecule has 3 aromatic rings. The number of rotatable bonds is 4. The van der Waals surface area contributed by atoms with Gasteiger partial charge in [-0.3, -0.25) is 4.79 Å². The Balaban J connectivity index is 1.70. The molecule has 0 unspecified atom stereocenters. The Hall–Kier alpha value is -2.74. The molecule has 3 heterocycles. The molecule has 0 radical (unpaired) electrons. The van der Waals surface area contributed by atoms with Crippen molar-refractivity contribution < 1.29 is 13.2 Å². The van der Waals surface area contributed by atoms with Crippen LogP contribution in [0.1, 0.15) is 46.9 Å². The average molecular weight is 425 g/mol. The van der Waals surface area contributed by atoms with Crippen molar-refractivity contribution in [2.45, 2.75) is 45.2 Å². The van der Waals surface area contributed by atoms with Crippen LogP contribution in [0, 0.1) is 13.8 Å². The van der Waals surface area contributed by atoms with E-state index in [9.17, 15) is 13.2 Å². The van der Waals surface area contributed by atoms with Crippen LogP contribution >= 0.6 is 0 Å². The summed E-state index contributed by atoms with van der Waals surface area (Å²) in [6, 6.07) is 9.80. The van der Waals surface area contributed by atoms with E-state index in [0.717, 1.165) is 24.0 Å². The summed E-state index contributed by atoms with van der Waals surface area (Å²) in [7, 11) is -3.07. The van der Waals surface area contributed by atoms with Gasteiger partial charge in [0.15, 0.2) is 15.5 Å². The molecule has 7 nitrogen and oxygen atoms in total. The molecule has 1 saturated carbocycles. The Bertz CT molecular complexity index is 1260.